The molecule has 1 unspecified atom stereocenters. The van der Waals surface area contributed by atoms with E-state index in [1.54, 1.807) is 7.05 Å². The number of hydrogen-bond donors (Lipinski definition) is 3. The molecule has 0 fully saturated rings. The van der Waals surface area contributed by atoms with Crippen LogP contribution < -0.4 is 16.0 Å². The van der Waals surface area contributed by atoms with E-state index in [2.05, 4.69) is 34.8 Å². The second-order valence-electron chi connectivity index (χ2n) is 6.55. The van der Waals surface area contributed by atoms with E-state index in [9.17, 15) is 4.79 Å². The molecule has 1 amide bonds. The Kier molecular flexibility index (Phi) is 14.0. The molecule has 0 saturated carbocycles. The van der Waals surface area contributed by atoms with E-state index in [1.165, 1.54) is 19.3 Å². The van der Waals surface area contributed by atoms with E-state index in [0.29, 0.717) is 19.1 Å². The maximum absolute atomic E-state index is 11.7. The van der Waals surface area contributed by atoms with Crippen molar-refractivity contribution in [2.75, 3.05) is 20.1 Å². The number of halogens is 1. The van der Waals surface area contributed by atoms with Crippen LogP contribution >= 0.6 is 24.0 Å². The van der Waals surface area contributed by atoms with Gasteiger partial charge in [0.05, 0.1) is 0 Å². The van der Waals surface area contributed by atoms with Crippen molar-refractivity contribution in [3.63, 3.8) is 0 Å². The van der Waals surface area contributed by atoms with Crippen molar-refractivity contribution in [1.82, 2.24) is 16.0 Å². The first-order chi connectivity index (χ1) is 9.81. The van der Waals surface area contributed by atoms with E-state index >= 15 is 0 Å². The van der Waals surface area contributed by atoms with Crippen LogP contribution in [0.2, 0.25) is 0 Å². The van der Waals surface area contributed by atoms with Crippen LogP contribution in [0.15, 0.2) is 4.99 Å². The number of nitrogens with one attached hydrogen (secondary N) is 3. The highest BCUT2D eigenvalue weighted by Gasteiger charge is 2.20. The van der Waals surface area contributed by atoms with Crippen molar-refractivity contribution in [2.24, 2.45) is 10.4 Å². The zero-order valence-electron chi connectivity index (χ0n) is 15.1. The monoisotopic (exact) mass is 426 g/mol. The van der Waals surface area contributed by atoms with Gasteiger partial charge in [-0.15, -0.1) is 24.0 Å². The summed E-state index contributed by atoms with van der Waals surface area (Å²) in [5.41, 5.74) is -0.340. The zero-order valence-corrected chi connectivity index (χ0v) is 17.4. The number of carbonyl (C=O) groups excluding carboxylic acids is 1. The first kappa shape index (κ1) is 23.7. The zero-order chi connectivity index (χ0) is 16.3. The normalized spacial score (nSPS) is 13.1. The Morgan fingerprint density at radius 2 is 1.73 bits per heavy atom. The largest absolute Gasteiger partial charge is 0.355 e. The van der Waals surface area contributed by atoms with Gasteiger partial charge in [-0.25, -0.2) is 0 Å². The van der Waals surface area contributed by atoms with Gasteiger partial charge in [-0.05, 0) is 13.3 Å². The van der Waals surface area contributed by atoms with Gasteiger partial charge in [-0.1, -0.05) is 47.0 Å². The van der Waals surface area contributed by atoms with Gasteiger partial charge in [0.1, 0.15) is 0 Å². The molecule has 0 spiro atoms. The third-order valence-electron chi connectivity index (χ3n) is 3.23. The van der Waals surface area contributed by atoms with Crippen LogP contribution in [0.25, 0.3) is 0 Å². The second kappa shape index (κ2) is 13.0. The Balaban J connectivity index is 0. The van der Waals surface area contributed by atoms with Gasteiger partial charge in [0.2, 0.25) is 5.91 Å². The lowest BCUT2D eigenvalue weighted by Crippen LogP contribution is -2.45. The molecule has 0 aromatic heterocycles. The predicted molar refractivity (Wildman–Crippen MR) is 106 cm³/mol. The third kappa shape index (κ3) is 12.1. The molecule has 22 heavy (non-hydrogen) atoms. The number of nitrogens with zero attached hydrogens (tertiary/aromatic N) is 1. The SMILES string of the molecule is CCCCCC(C)NC(=NC)NCCNC(=O)C(C)(C)C.I. The standard InChI is InChI=1S/C16H34N4O.HI/c1-7-8-9-10-13(2)20-15(17-6)19-12-11-18-14(21)16(3,4)5;/h13H,7-12H2,1-6H3,(H,18,21)(H2,17,19,20);1H. The van der Waals surface area contributed by atoms with Crippen molar-refractivity contribution in [1.29, 1.82) is 0 Å². The smallest absolute Gasteiger partial charge is 0.225 e. The minimum atomic E-state index is -0.340. The molecule has 0 aliphatic carbocycles. The van der Waals surface area contributed by atoms with Crippen LogP contribution in [-0.4, -0.2) is 38.0 Å². The fraction of sp³-hybridized carbons (Fsp3) is 0.875. The Hall–Kier alpha value is -0.530. The number of hydrogen-bond acceptors (Lipinski definition) is 2. The van der Waals surface area contributed by atoms with Gasteiger partial charge in [0.25, 0.3) is 0 Å². The van der Waals surface area contributed by atoms with Crippen molar-refractivity contribution >= 4 is 35.8 Å². The van der Waals surface area contributed by atoms with Gasteiger partial charge in [0.15, 0.2) is 5.96 Å². The van der Waals surface area contributed by atoms with Crippen LogP contribution in [-0.2, 0) is 4.79 Å². The molecule has 0 saturated heterocycles. The van der Waals surface area contributed by atoms with E-state index in [4.69, 9.17) is 0 Å². The number of amides is 1. The molecular weight excluding hydrogens is 391 g/mol. The van der Waals surface area contributed by atoms with E-state index < -0.39 is 0 Å². The molecule has 0 aromatic carbocycles. The summed E-state index contributed by atoms with van der Waals surface area (Å²) in [7, 11) is 1.77. The molecule has 0 rings (SSSR count). The number of aliphatic imine (C=N–C) groups is 1. The van der Waals surface area contributed by atoms with Crippen LogP contribution in [0.5, 0.6) is 0 Å². The molecule has 6 heteroatoms. The topological polar surface area (TPSA) is 65.5 Å². The van der Waals surface area contributed by atoms with E-state index in [-0.39, 0.29) is 35.3 Å². The van der Waals surface area contributed by atoms with Crippen LogP contribution in [0.3, 0.4) is 0 Å². The summed E-state index contributed by atoms with van der Waals surface area (Å²) in [6.45, 7) is 11.4. The molecule has 0 aliphatic rings. The minimum Gasteiger partial charge on any atom is -0.355 e. The van der Waals surface area contributed by atoms with Crippen LogP contribution in [0.1, 0.15) is 60.3 Å². The lowest BCUT2D eigenvalue weighted by molar-refractivity contribution is -0.128. The fourth-order valence-corrected chi connectivity index (χ4v) is 1.82. The van der Waals surface area contributed by atoms with Crippen molar-refractivity contribution < 1.29 is 4.79 Å². The molecule has 1 atom stereocenters. The highest BCUT2D eigenvalue weighted by atomic mass is 127. The molecule has 5 nitrogen and oxygen atoms in total. The maximum atomic E-state index is 11.7. The summed E-state index contributed by atoms with van der Waals surface area (Å²) < 4.78 is 0. The maximum Gasteiger partial charge on any atom is 0.225 e. The summed E-state index contributed by atoms with van der Waals surface area (Å²) in [4.78, 5) is 15.9. The lowest BCUT2D eigenvalue weighted by atomic mass is 9.96. The number of guanidine groups is 1. The van der Waals surface area contributed by atoms with Crippen molar-refractivity contribution in [3.8, 4) is 0 Å². The third-order valence-corrected chi connectivity index (χ3v) is 3.23. The van der Waals surface area contributed by atoms with Gasteiger partial charge < -0.3 is 16.0 Å². The number of carbonyl (C=O) groups is 1. The molecule has 0 heterocycles. The second-order valence-corrected chi connectivity index (χ2v) is 6.55. The average molecular weight is 426 g/mol. The number of unbranched alkanes of at least 4 members (excludes halogenated alkanes) is 2. The quantitative estimate of drug-likeness (QED) is 0.242. The van der Waals surface area contributed by atoms with E-state index in [1.807, 2.05) is 20.8 Å². The van der Waals surface area contributed by atoms with Crippen LogP contribution in [0, 0.1) is 5.41 Å². The molecule has 0 aromatic rings. The Morgan fingerprint density at radius 1 is 1.14 bits per heavy atom. The molecule has 0 aliphatic heterocycles. The minimum absolute atomic E-state index is 0. The van der Waals surface area contributed by atoms with E-state index in [0.717, 1.165) is 12.4 Å². The molecule has 0 bridgehead atoms. The highest BCUT2D eigenvalue weighted by molar-refractivity contribution is 14.0. The fourth-order valence-electron chi connectivity index (χ4n) is 1.82. The highest BCUT2D eigenvalue weighted by Crippen LogP contribution is 2.11. The van der Waals surface area contributed by atoms with Gasteiger partial charge >= 0.3 is 0 Å². The van der Waals surface area contributed by atoms with Crippen molar-refractivity contribution in [2.45, 2.75) is 66.3 Å². The summed E-state index contributed by atoms with van der Waals surface area (Å²) in [5.74, 6) is 0.865. The molecule has 3 N–H and O–H groups in total. The first-order valence-electron chi connectivity index (χ1n) is 8.06. The number of rotatable bonds is 8. The Bertz CT molecular complexity index is 327. The van der Waals surface area contributed by atoms with Gasteiger partial charge in [-0.3, -0.25) is 9.79 Å². The molecule has 132 valence electrons. The summed E-state index contributed by atoms with van der Waals surface area (Å²) in [6.07, 6.45) is 4.91. The average Bonchev–Trinajstić information content (AvgIpc) is 2.41. The Labute approximate surface area is 153 Å². The predicted octanol–water partition coefficient (Wildman–Crippen LogP) is 2.90. The lowest BCUT2D eigenvalue weighted by Gasteiger charge is -2.20. The molecule has 0 radical (unpaired) electrons. The summed E-state index contributed by atoms with van der Waals surface area (Å²) in [5, 5.41) is 9.50. The van der Waals surface area contributed by atoms with Gasteiger partial charge in [-0.2, -0.15) is 0 Å². The first-order valence-corrected chi connectivity index (χ1v) is 8.06. The molecular formula is C16H35IN4O. The Morgan fingerprint density at radius 3 is 2.23 bits per heavy atom. The summed E-state index contributed by atoms with van der Waals surface area (Å²) >= 11 is 0. The van der Waals surface area contributed by atoms with Crippen molar-refractivity contribution in [3.05, 3.63) is 0 Å². The summed E-state index contributed by atoms with van der Waals surface area (Å²) in [6, 6.07) is 0.409. The van der Waals surface area contributed by atoms with Crippen LogP contribution in [0.4, 0.5) is 0 Å². The van der Waals surface area contributed by atoms with Gasteiger partial charge in [0, 0.05) is 31.6 Å².